The first-order valence-electron chi connectivity index (χ1n) is 10.2. The minimum Gasteiger partial charge on any atom is -0.274 e. The van der Waals surface area contributed by atoms with E-state index in [9.17, 15) is 9.18 Å². The van der Waals surface area contributed by atoms with Gasteiger partial charge in [0.05, 0.1) is 16.9 Å². The highest BCUT2D eigenvalue weighted by atomic mass is 32.1. The van der Waals surface area contributed by atoms with E-state index in [-0.39, 0.29) is 17.4 Å². The summed E-state index contributed by atoms with van der Waals surface area (Å²) in [4.78, 5) is 16.5. The van der Waals surface area contributed by atoms with E-state index in [2.05, 4.69) is 4.90 Å². The van der Waals surface area contributed by atoms with E-state index in [1.807, 2.05) is 60.8 Å². The minimum absolute atomic E-state index is 0.114. The van der Waals surface area contributed by atoms with Crippen LogP contribution in [0.1, 0.15) is 31.4 Å². The smallest absolute Gasteiger partial charge is 0.274 e. The first kappa shape index (κ1) is 19.2. The molecule has 0 radical (unpaired) electrons. The van der Waals surface area contributed by atoms with Gasteiger partial charge in [0, 0.05) is 23.0 Å². The van der Waals surface area contributed by atoms with Gasteiger partial charge in [0.1, 0.15) is 11.5 Å². The number of halogens is 1. The third-order valence-electron chi connectivity index (χ3n) is 5.79. The van der Waals surface area contributed by atoms with Gasteiger partial charge in [0.25, 0.3) is 5.56 Å². The van der Waals surface area contributed by atoms with Gasteiger partial charge in [0.2, 0.25) is 0 Å². The summed E-state index contributed by atoms with van der Waals surface area (Å²) in [5, 5.41) is 8.30. The first-order chi connectivity index (χ1) is 14.6. The van der Waals surface area contributed by atoms with E-state index in [0.29, 0.717) is 23.7 Å². The molecule has 6 heteroatoms. The summed E-state index contributed by atoms with van der Waals surface area (Å²) >= 11 is 1.61. The average molecular weight is 420 g/mol. The Bertz CT molecular complexity index is 1250. The molecule has 1 aliphatic carbocycles. The molecule has 0 N–H and O–H groups in total. The zero-order valence-electron chi connectivity index (χ0n) is 16.7. The van der Waals surface area contributed by atoms with Crippen LogP contribution in [0, 0.1) is 5.82 Å². The molecule has 1 fully saturated rings. The van der Waals surface area contributed by atoms with Crippen LogP contribution in [-0.4, -0.2) is 20.7 Å². The molecule has 0 saturated heterocycles. The summed E-state index contributed by atoms with van der Waals surface area (Å²) in [6, 6.07) is 18.7. The predicted octanol–water partition coefficient (Wildman–Crippen LogP) is 5.45. The maximum atomic E-state index is 14.5. The molecule has 2 heterocycles. The molecule has 0 aliphatic heterocycles. The number of fused-ring (bicyclic) bond motifs is 1. The van der Waals surface area contributed by atoms with Crippen molar-refractivity contribution >= 4 is 22.1 Å². The molecular formula is C24H22FN3OS. The van der Waals surface area contributed by atoms with Gasteiger partial charge in [-0.3, -0.25) is 9.69 Å². The molecule has 5 rings (SSSR count). The zero-order valence-corrected chi connectivity index (χ0v) is 17.5. The quantitative estimate of drug-likeness (QED) is 0.417. The molecule has 30 heavy (non-hydrogen) atoms. The highest BCUT2D eigenvalue weighted by Crippen LogP contribution is 2.35. The van der Waals surface area contributed by atoms with E-state index in [0.717, 1.165) is 28.8 Å². The van der Waals surface area contributed by atoms with Crippen molar-refractivity contribution in [3.05, 3.63) is 87.8 Å². The van der Waals surface area contributed by atoms with Crippen molar-refractivity contribution in [3.8, 4) is 10.6 Å². The Labute approximate surface area is 178 Å². The number of hydrogen-bond donors (Lipinski definition) is 0. The van der Waals surface area contributed by atoms with E-state index in [1.54, 1.807) is 22.1 Å². The molecule has 2 aromatic carbocycles. The lowest BCUT2D eigenvalue weighted by atomic mass is 10.1. The standard InChI is InChI=1S/C24H22FN3OS/c1-16(18-7-4-5-10-21(18)25)27(17-12-13-17)15-28-24(29)20-9-3-2-8-19(20)23(26-28)22-11-6-14-30-22/h2-11,14,16-17H,12-13,15H2,1H3/t16-/m1/s1. The minimum atomic E-state index is -0.214. The molecule has 1 atom stereocenters. The van der Waals surface area contributed by atoms with Crippen molar-refractivity contribution in [2.75, 3.05) is 0 Å². The second kappa shape index (κ2) is 7.78. The Morgan fingerprint density at radius 2 is 1.83 bits per heavy atom. The van der Waals surface area contributed by atoms with Crippen LogP contribution in [0.3, 0.4) is 0 Å². The Balaban J connectivity index is 1.59. The van der Waals surface area contributed by atoms with Gasteiger partial charge in [-0.05, 0) is 43.3 Å². The van der Waals surface area contributed by atoms with Gasteiger partial charge < -0.3 is 0 Å². The van der Waals surface area contributed by atoms with E-state index >= 15 is 0 Å². The summed E-state index contributed by atoms with van der Waals surface area (Å²) in [6.45, 7) is 2.34. The van der Waals surface area contributed by atoms with Crippen molar-refractivity contribution in [2.24, 2.45) is 0 Å². The van der Waals surface area contributed by atoms with Gasteiger partial charge in [-0.25, -0.2) is 9.07 Å². The molecule has 0 amide bonds. The van der Waals surface area contributed by atoms with Gasteiger partial charge in [-0.15, -0.1) is 11.3 Å². The highest BCUT2D eigenvalue weighted by Gasteiger charge is 2.34. The molecular weight excluding hydrogens is 397 g/mol. The lowest BCUT2D eigenvalue weighted by Gasteiger charge is -2.30. The van der Waals surface area contributed by atoms with Gasteiger partial charge >= 0.3 is 0 Å². The van der Waals surface area contributed by atoms with Crippen LogP contribution in [-0.2, 0) is 6.67 Å². The fraction of sp³-hybridized carbons (Fsp3) is 0.250. The number of hydrogen-bond acceptors (Lipinski definition) is 4. The van der Waals surface area contributed by atoms with Crippen LogP contribution in [0.25, 0.3) is 21.3 Å². The van der Waals surface area contributed by atoms with Crippen molar-refractivity contribution in [2.45, 2.75) is 38.5 Å². The summed E-state index contributed by atoms with van der Waals surface area (Å²) < 4.78 is 16.0. The van der Waals surface area contributed by atoms with Crippen LogP contribution in [0.2, 0.25) is 0 Å². The second-order valence-corrected chi connectivity index (χ2v) is 8.71. The molecule has 4 aromatic rings. The first-order valence-corrected chi connectivity index (χ1v) is 11.1. The number of rotatable bonds is 6. The van der Waals surface area contributed by atoms with E-state index < -0.39 is 0 Å². The molecule has 2 aromatic heterocycles. The van der Waals surface area contributed by atoms with Crippen molar-refractivity contribution in [3.63, 3.8) is 0 Å². The van der Waals surface area contributed by atoms with E-state index in [1.165, 1.54) is 6.07 Å². The van der Waals surface area contributed by atoms with Crippen LogP contribution in [0.5, 0.6) is 0 Å². The normalized spacial score (nSPS) is 15.0. The highest BCUT2D eigenvalue weighted by molar-refractivity contribution is 7.13. The van der Waals surface area contributed by atoms with Crippen LogP contribution in [0.4, 0.5) is 4.39 Å². The lowest BCUT2D eigenvalue weighted by molar-refractivity contribution is 0.138. The number of nitrogens with zero attached hydrogens (tertiary/aromatic N) is 3. The summed E-state index contributed by atoms with van der Waals surface area (Å²) in [7, 11) is 0. The van der Waals surface area contributed by atoms with E-state index in [4.69, 9.17) is 5.10 Å². The maximum Gasteiger partial charge on any atom is 0.275 e. The molecule has 4 nitrogen and oxygen atoms in total. The third kappa shape index (κ3) is 3.46. The number of benzene rings is 2. The maximum absolute atomic E-state index is 14.5. The van der Waals surface area contributed by atoms with Crippen LogP contribution >= 0.6 is 11.3 Å². The topological polar surface area (TPSA) is 38.1 Å². The molecule has 152 valence electrons. The molecule has 1 saturated carbocycles. The Morgan fingerprint density at radius 1 is 1.10 bits per heavy atom. The van der Waals surface area contributed by atoms with Crippen molar-refractivity contribution in [1.29, 1.82) is 0 Å². The van der Waals surface area contributed by atoms with Crippen LogP contribution < -0.4 is 5.56 Å². The Morgan fingerprint density at radius 3 is 2.53 bits per heavy atom. The fourth-order valence-electron chi connectivity index (χ4n) is 4.03. The fourth-order valence-corrected chi connectivity index (χ4v) is 4.76. The van der Waals surface area contributed by atoms with Gasteiger partial charge in [-0.1, -0.05) is 42.5 Å². The zero-order chi connectivity index (χ0) is 20.7. The number of aromatic nitrogens is 2. The molecule has 0 bridgehead atoms. The second-order valence-electron chi connectivity index (χ2n) is 7.76. The molecule has 0 spiro atoms. The predicted molar refractivity (Wildman–Crippen MR) is 119 cm³/mol. The van der Waals surface area contributed by atoms with Crippen LogP contribution in [0.15, 0.2) is 70.8 Å². The largest absolute Gasteiger partial charge is 0.275 e. The SMILES string of the molecule is C[C@H](c1ccccc1F)N(Cn1nc(-c2cccs2)c2ccccc2c1=O)C1CC1. The lowest BCUT2D eigenvalue weighted by Crippen LogP contribution is -2.37. The number of thiophene rings is 1. The van der Waals surface area contributed by atoms with Crippen molar-refractivity contribution in [1.82, 2.24) is 14.7 Å². The summed E-state index contributed by atoms with van der Waals surface area (Å²) in [6.07, 6.45) is 2.11. The average Bonchev–Trinajstić information content (AvgIpc) is 3.46. The van der Waals surface area contributed by atoms with Gasteiger partial charge in [-0.2, -0.15) is 5.10 Å². The Kier molecular flexibility index (Phi) is 4.97. The Hall–Kier alpha value is -2.83. The molecule has 1 aliphatic rings. The van der Waals surface area contributed by atoms with Crippen molar-refractivity contribution < 1.29 is 4.39 Å². The molecule has 0 unspecified atom stereocenters. The summed E-state index contributed by atoms with van der Waals surface area (Å²) in [5.74, 6) is -0.214. The third-order valence-corrected chi connectivity index (χ3v) is 6.66. The van der Waals surface area contributed by atoms with Gasteiger partial charge in [0.15, 0.2) is 0 Å². The summed E-state index contributed by atoms with van der Waals surface area (Å²) in [5.41, 5.74) is 1.35. The monoisotopic (exact) mass is 419 g/mol.